The molecule has 0 bridgehead atoms. The molecule has 0 radical (unpaired) electrons. The second-order valence-corrected chi connectivity index (χ2v) is 9.35. The summed E-state index contributed by atoms with van der Waals surface area (Å²) in [5.41, 5.74) is 3.87. The van der Waals surface area contributed by atoms with E-state index < -0.39 is 0 Å². The molecule has 5 rings (SSSR count). The van der Waals surface area contributed by atoms with Crippen molar-refractivity contribution in [2.75, 3.05) is 0 Å². The number of thiophene rings is 1. The van der Waals surface area contributed by atoms with Crippen molar-refractivity contribution in [2.24, 2.45) is 0 Å². The summed E-state index contributed by atoms with van der Waals surface area (Å²) in [6.07, 6.45) is 3.41. The van der Waals surface area contributed by atoms with Crippen molar-refractivity contribution < 1.29 is 0 Å². The summed E-state index contributed by atoms with van der Waals surface area (Å²) in [6, 6.07) is 15.1. The van der Waals surface area contributed by atoms with E-state index in [1.165, 1.54) is 33.6 Å². The fourth-order valence-electron chi connectivity index (χ4n) is 3.76. The highest BCUT2D eigenvalue weighted by Gasteiger charge is 2.17. The highest BCUT2D eigenvalue weighted by molar-refractivity contribution is 7.98. The largest absolute Gasteiger partial charge is 0.283 e. The number of fused-ring (bicyclic) bond motifs is 2. The first-order chi connectivity index (χ1) is 16.1. The molecule has 0 amide bonds. The lowest BCUT2D eigenvalue weighted by Gasteiger charge is -2.11. The number of aryl methyl sites for hydroxylation is 1. The van der Waals surface area contributed by atoms with Gasteiger partial charge in [0.2, 0.25) is 0 Å². The summed E-state index contributed by atoms with van der Waals surface area (Å²) in [5, 5.41) is 3.19. The van der Waals surface area contributed by atoms with Crippen molar-refractivity contribution in [1.82, 2.24) is 18.9 Å². The maximum absolute atomic E-state index is 13.5. The van der Waals surface area contributed by atoms with Gasteiger partial charge in [0.05, 0.1) is 11.1 Å². The first kappa shape index (κ1) is 21.4. The van der Waals surface area contributed by atoms with Crippen LogP contribution in [0.15, 0.2) is 87.5 Å². The average Bonchev–Trinajstić information content (AvgIpc) is 3.25. The molecule has 0 spiro atoms. The van der Waals surface area contributed by atoms with Crippen LogP contribution in [0.1, 0.15) is 11.3 Å². The number of allylic oxidation sites excluding steroid dienone is 1. The van der Waals surface area contributed by atoms with Crippen molar-refractivity contribution in [2.45, 2.75) is 24.4 Å². The van der Waals surface area contributed by atoms with Gasteiger partial charge in [-0.05, 0) is 24.1 Å². The molecular formula is C25H20N4O2S2. The molecule has 0 saturated carbocycles. The second-order valence-electron chi connectivity index (χ2n) is 7.55. The number of rotatable bonds is 6. The zero-order chi connectivity index (χ0) is 22.9. The number of hydrogen-bond acceptors (Lipinski definition) is 6. The molecule has 4 aromatic heterocycles. The van der Waals surface area contributed by atoms with Crippen LogP contribution in [-0.4, -0.2) is 18.9 Å². The molecule has 5 aromatic rings. The summed E-state index contributed by atoms with van der Waals surface area (Å²) in [5.74, 6) is 0.423. The quantitative estimate of drug-likeness (QED) is 0.199. The van der Waals surface area contributed by atoms with Gasteiger partial charge in [0, 0.05) is 35.5 Å². The zero-order valence-corrected chi connectivity index (χ0v) is 19.5. The molecule has 0 atom stereocenters. The van der Waals surface area contributed by atoms with E-state index in [4.69, 9.17) is 4.98 Å². The van der Waals surface area contributed by atoms with Gasteiger partial charge in [-0.2, -0.15) is 0 Å². The Kier molecular flexibility index (Phi) is 5.70. The number of thioether (sulfide) groups is 1. The van der Waals surface area contributed by atoms with Crippen molar-refractivity contribution in [3.63, 3.8) is 0 Å². The molecule has 164 valence electrons. The topological polar surface area (TPSA) is 69.3 Å². The van der Waals surface area contributed by atoms with Crippen molar-refractivity contribution in [3.8, 4) is 11.1 Å². The van der Waals surface area contributed by atoms with Crippen LogP contribution in [0.2, 0.25) is 0 Å². The normalized spacial score (nSPS) is 11.3. The summed E-state index contributed by atoms with van der Waals surface area (Å²) in [4.78, 5) is 36.2. The van der Waals surface area contributed by atoms with Gasteiger partial charge in [-0.3, -0.25) is 18.6 Å². The highest BCUT2D eigenvalue weighted by atomic mass is 32.2. The van der Waals surface area contributed by atoms with Gasteiger partial charge in [-0.15, -0.1) is 17.9 Å². The minimum Gasteiger partial charge on any atom is -0.283 e. The minimum atomic E-state index is -0.128. The average molecular weight is 473 g/mol. The van der Waals surface area contributed by atoms with E-state index in [0.717, 1.165) is 16.7 Å². The zero-order valence-electron chi connectivity index (χ0n) is 17.9. The fourth-order valence-corrected chi connectivity index (χ4v) is 5.65. The van der Waals surface area contributed by atoms with Crippen molar-refractivity contribution >= 4 is 39.0 Å². The van der Waals surface area contributed by atoms with Gasteiger partial charge >= 0.3 is 0 Å². The molecule has 0 aliphatic rings. The Labute approximate surface area is 197 Å². The second kappa shape index (κ2) is 8.80. The Morgan fingerprint density at radius 3 is 2.73 bits per heavy atom. The van der Waals surface area contributed by atoms with Gasteiger partial charge in [0.25, 0.3) is 11.1 Å². The van der Waals surface area contributed by atoms with E-state index in [0.29, 0.717) is 39.0 Å². The van der Waals surface area contributed by atoms with Crippen LogP contribution in [0.5, 0.6) is 0 Å². The van der Waals surface area contributed by atoms with E-state index in [1.54, 1.807) is 16.8 Å². The van der Waals surface area contributed by atoms with Crippen molar-refractivity contribution in [1.29, 1.82) is 0 Å². The van der Waals surface area contributed by atoms with Gasteiger partial charge in [-0.25, -0.2) is 9.97 Å². The Morgan fingerprint density at radius 2 is 1.94 bits per heavy atom. The van der Waals surface area contributed by atoms with Crippen LogP contribution < -0.4 is 11.1 Å². The lowest BCUT2D eigenvalue weighted by molar-refractivity contribution is 0.673. The van der Waals surface area contributed by atoms with E-state index in [1.807, 2.05) is 54.8 Å². The Balaban J connectivity index is 1.56. The first-order valence-electron chi connectivity index (χ1n) is 10.4. The summed E-state index contributed by atoms with van der Waals surface area (Å²) in [6.45, 7) is 6.09. The summed E-state index contributed by atoms with van der Waals surface area (Å²) < 4.78 is 3.18. The van der Waals surface area contributed by atoms with Gasteiger partial charge in [0.15, 0.2) is 5.16 Å². The molecule has 4 heterocycles. The Hall–Kier alpha value is -3.49. The van der Waals surface area contributed by atoms with Crippen LogP contribution >= 0.6 is 23.1 Å². The van der Waals surface area contributed by atoms with Crippen LogP contribution in [0.25, 0.3) is 27.0 Å². The molecular weight excluding hydrogens is 452 g/mol. The third-order valence-corrected chi connectivity index (χ3v) is 7.23. The molecule has 0 aliphatic heterocycles. The highest BCUT2D eigenvalue weighted by Crippen LogP contribution is 2.32. The molecule has 0 saturated heterocycles. The van der Waals surface area contributed by atoms with Crippen molar-refractivity contribution in [3.05, 3.63) is 105 Å². The molecule has 0 fully saturated rings. The first-order valence-corrected chi connectivity index (χ1v) is 12.2. The lowest BCUT2D eigenvalue weighted by Crippen LogP contribution is -2.22. The third-order valence-electron chi connectivity index (χ3n) is 5.34. The van der Waals surface area contributed by atoms with E-state index in [9.17, 15) is 9.59 Å². The molecule has 33 heavy (non-hydrogen) atoms. The van der Waals surface area contributed by atoms with E-state index in [2.05, 4.69) is 11.6 Å². The number of pyridine rings is 1. The summed E-state index contributed by atoms with van der Waals surface area (Å²) in [7, 11) is 0. The van der Waals surface area contributed by atoms with Crippen LogP contribution in [-0.2, 0) is 12.3 Å². The Bertz CT molecular complexity index is 1620. The minimum absolute atomic E-state index is 0.0927. The molecule has 0 unspecified atom stereocenters. The maximum atomic E-state index is 13.5. The lowest BCUT2D eigenvalue weighted by atomic mass is 10.1. The van der Waals surface area contributed by atoms with Gasteiger partial charge in [-0.1, -0.05) is 54.2 Å². The number of hydrogen-bond donors (Lipinski definition) is 0. The molecule has 8 heteroatoms. The molecule has 0 aliphatic carbocycles. The standard InChI is InChI=1S/C25H20N4O2S2/c1-3-11-29-24(31)21-19(17-9-5-4-6-10-17)15-32-23(21)27-25(29)33-14-18-13-20(30)28-12-7-8-16(2)22(28)26-18/h3-10,12-13,15H,1,11,14H2,2H3. The molecule has 0 N–H and O–H groups in total. The number of aromatic nitrogens is 4. The smallest absolute Gasteiger partial charge is 0.263 e. The number of benzene rings is 1. The maximum Gasteiger partial charge on any atom is 0.263 e. The van der Waals surface area contributed by atoms with Crippen LogP contribution in [0, 0.1) is 6.92 Å². The fraction of sp³-hybridized carbons (Fsp3) is 0.120. The van der Waals surface area contributed by atoms with Gasteiger partial charge in [0.1, 0.15) is 10.5 Å². The number of nitrogens with zero attached hydrogens (tertiary/aromatic N) is 4. The third kappa shape index (κ3) is 3.92. The van der Waals surface area contributed by atoms with Crippen LogP contribution in [0.3, 0.4) is 0 Å². The van der Waals surface area contributed by atoms with Crippen LogP contribution in [0.4, 0.5) is 0 Å². The van der Waals surface area contributed by atoms with Gasteiger partial charge < -0.3 is 0 Å². The van der Waals surface area contributed by atoms with E-state index in [-0.39, 0.29) is 11.1 Å². The predicted molar refractivity (Wildman–Crippen MR) is 135 cm³/mol. The predicted octanol–water partition coefficient (Wildman–Crippen LogP) is 4.92. The SMILES string of the molecule is C=CCn1c(SCc2cc(=O)n3cccc(C)c3n2)nc2scc(-c3ccccc3)c2c1=O. The summed E-state index contributed by atoms with van der Waals surface area (Å²) >= 11 is 2.86. The van der Waals surface area contributed by atoms with E-state index >= 15 is 0 Å². The Morgan fingerprint density at radius 1 is 1.12 bits per heavy atom. The monoisotopic (exact) mass is 472 g/mol. The molecule has 6 nitrogen and oxygen atoms in total. The molecule has 1 aromatic carbocycles.